The van der Waals surface area contributed by atoms with E-state index in [2.05, 4.69) is 20.8 Å². The number of aliphatic carboxylic acids is 2. The van der Waals surface area contributed by atoms with Crippen LogP contribution in [0.2, 0.25) is 0 Å². The summed E-state index contributed by atoms with van der Waals surface area (Å²) in [5.74, 6) is -5.44. The molecule has 19 heteroatoms. The van der Waals surface area contributed by atoms with Crippen molar-refractivity contribution in [1.29, 1.82) is 0 Å². The first-order chi connectivity index (χ1) is 27.0. The van der Waals surface area contributed by atoms with Gasteiger partial charge in [0.05, 0.1) is 5.69 Å². The van der Waals surface area contributed by atoms with Crippen molar-refractivity contribution >= 4 is 75.1 Å². The number of aromatic nitrogens is 1. The van der Waals surface area contributed by atoms with Crippen molar-refractivity contribution in [2.24, 2.45) is 22.9 Å². The average Bonchev–Trinajstić information content (AvgIpc) is 3.54. The SMILES string of the molecule is C[C@@H]1S[C@@H]2[C@H](NC(=O)/C(=N\OC(C)(C)C(=O)O)c3csc(N)n3)C(=O)N2C(C(=O)O)=C1CCC1CCCCC1CCCC1CC(=O)c2cc(O)c(O)cc2NC1=O. The lowest BCUT2D eigenvalue weighted by molar-refractivity contribution is -0.161. The topological polar surface area (TPSA) is 271 Å². The summed E-state index contributed by atoms with van der Waals surface area (Å²) in [5, 5.41) is 49.3. The van der Waals surface area contributed by atoms with Gasteiger partial charge in [-0.15, -0.1) is 23.1 Å². The number of phenolic OH excluding ortho intramolecular Hbond substituents is 2. The van der Waals surface area contributed by atoms with Crippen LogP contribution >= 0.6 is 23.1 Å². The van der Waals surface area contributed by atoms with E-state index in [1.807, 2.05) is 6.92 Å². The monoisotopic (exact) mass is 826 g/mol. The minimum Gasteiger partial charge on any atom is -0.504 e. The van der Waals surface area contributed by atoms with Crippen LogP contribution in [0.4, 0.5) is 10.8 Å². The third-order valence-corrected chi connectivity index (χ3v) is 13.4. The first kappa shape index (κ1) is 41.5. The predicted octanol–water partition coefficient (Wildman–Crippen LogP) is 4.45. The van der Waals surface area contributed by atoms with Gasteiger partial charge in [0.2, 0.25) is 11.5 Å². The van der Waals surface area contributed by atoms with E-state index in [-0.39, 0.29) is 51.1 Å². The molecule has 1 aromatic carbocycles. The number of phenols is 2. The molecule has 6 rings (SSSR count). The number of fused-ring (bicyclic) bond motifs is 2. The van der Waals surface area contributed by atoms with Gasteiger partial charge in [0.15, 0.2) is 28.1 Å². The second-order valence-corrected chi connectivity index (χ2v) is 17.8. The highest BCUT2D eigenvalue weighted by Gasteiger charge is 2.56. The number of ketones is 1. The molecule has 0 spiro atoms. The van der Waals surface area contributed by atoms with Crippen molar-refractivity contribution in [3.63, 3.8) is 0 Å². The summed E-state index contributed by atoms with van der Waals surface area (Å²) in [6, 6.07) is 1.25. The standard InChI is InChI=1S/C38H46N6O11S2/c1-17-21(12-11-19-8-5-4-7-18(19)9-6-10-20-13-25(45)22-14-26(46)27(47)15-23(22)40-31(20)48)30(35(51)52)44-33(50)29(34(44)57-17)42-32(49)28(24-16-56-37(39)41-24)43-55-38(2,3)36(53)54/h14-20,29,34,46-47H,4-13H2,1-3H3,(H2,39,41)(H,40,48)(H,42,49)(H,51,52)(H,53,54)/b43-28-/t17-,18?,19?,20?,29+,34+/m0/s1. The number of hydrogen-bond donors (Lipinski definition) is 7. The Morgan fingerprint density at radius 2 is 1.75 bits per heavy atom. The van der Waals surface area contributed by atoms with Gasteiger partial charge in [0, 0.05) is 34.6 Å². The minimum absolute atomic E-state index is 0.00516. The molecule has 1 aromatic heterocycles. The summed E-state index contributed by atoms with van der Waals surface area (Å²) in [5.41, 5.74) is 4.47. The van der Waals surface area contributed by atoms with Crippen LogP contribution in [0.1, 0.15) is 101 Å². The molecule has 1 aliphatic carbocycles. The van der Waals surface area contributed by atoms with Gasteiger partial charge in [-0.05, 0) is 63.5 Å². The number of Topliss-reactive ketones (excluding diaryl/α,β-unsaturated/α-hetero) is 1. The van der Waals surface area contributed by atoms with Crippen molar-refractivity contribution in [3.8, 4) is 11.5 Å². The molecule has 4 heterocycles. The van der Waals surface area contributed by atoms with Crippen molar-refractivity contribution in [2.45, 2.75) is 107 Å². The predicted molar refractivity (Wildman–Crippen MR) is 210 cm³/mol. The molecule has 0 radical (unpaired) electrons. The lowest BCUT2D eigenvalue weighted by Gasteiger charge is -2.51. The van der Waals surface area contributed by atoms with Crippen LogP contribution in [-0.2, 0) is 28.8 Å². The van der Waals surface area contributed by atoms with E-state index in [0.29, 0.717) is 43.1 Å². The van der Waals surface area contributed by atoms with E-state index < -0.39 is 63.9 Å². The quantitative estimate of drug-likeness (QED) is 0.0456. The number of nitrogen functional groups attached to an aromatic ring is 1. The molecule has 0 bridgehead atoms. The molecule has 3 aliphatic heterocycles. The fourth-order valence-electron chi connectivity index (χ4n) is 8.00. The number of carbonyl (C=O) groups is 6. The molecule has 1 saturated carbocycles. The minimum atomic E-state index is -1.79. The summed E-state index contributed by atoms with van der Waals surface area (Å²) in [4.78, 5) is 87.9. The lowest BCUT2D eigenvalue weighted by atomic mass is 9.73. The maximum Gasteiger partial charge on any atom is 0.352 e. The molecule has 6 atom stereocenters. The Morgan fingerprint density at radius 3 is 2.40 bits per heavy atom. The lowest BCUT2D eigenvalue weighted by Crippen LogP contribution is -2.71. The number of benzene rings is 1. The zero-order valence-corrected chi connectivity index (χ0v) is 33.3. The molecule has 17 nitrogen and oxygen atoms in total. The Balaban J connectivity index is 1.09. The van der Waals surface area contributed by atoms with Gasteiger partial charge < -0.3 is 41.6 Å². The fourth-order valence-corrected chi connectivity index (χ4v) is 10.0. The van der Waals surface area contributed by atoms with Crippen LogP contribution in [-0.4, -0.2) is 93.7 Å². The number of carbonyl (C=O) groups excluding carboxylic acids is 4. The summed E-state index contributed by atoms with van der Waals surface area (Å²) < 4.78 is 0. The molecule has 8 N–H and O–H groups in total. The molecule has 2 fully saturated rings. The first-order valence-corrected chi connectivity index (χ1v) is 20.7. The van der Waals surface area contributed by atoms with Crippen molar-refractivity contribution < 1.29 is 54.0 Å². The number of oxime groups is 1. The molecular weight excluding hydrogens is 781 g/mol. The van der Waals surface area contributed by atoms with Crippen LogP contribution in [0.5, 0.6) is 11.5 Å². The number of amides is 3. The van der Waals surface area contributed by atoms with E-state index in [9.17, 15) is 49.2 Å². The Morgan fingerprint density at radius 1 is 1.07 bits per heavy atom. The summed E-state index contributed by atoms with van der Waals surface area (Å²) in [6.45, 7) is 4.37. The van der Waals surface area contributed by atoms with Crippen molar-refractivity contribution in [2.75, 3.05) is 11.1 Å². The number of nitrogens with zero attached hydrogens (tertiary/aromatic N) is 3. The molecular formula is C38H46N6O11S2. The van der Waals surface area contributed by atoms with E-state index in [0.717, 1.165) is 43.4 Å². The number of hydrogen-bond acceptors (Lipinski definition) is 14. The zero-order valence-electron chi connectivity index (χ0n) is 31.6. The normalized spacial score (nSPS) is 25.1. The highest BCUT2D eigenvalue weighted by molar-refractivity contribution is 8.00. The van der Waals surface area contributed by atoms with Crippen LogP contribution in [0.15, 0.2) is 33.9 Å². The molecule has 2 aromatic rings. The summed E-state index contributed by atoms with van der Waals surface area (Å²) >= 11 is 2.38. The average molecular weight is 827 g/mol. The van der Waals surface area contributed by atoms with Gasteiger partial charge in [-0.2, -0.15) is 0 Å². The van der Waals surface area contributed by atoms with Gasteiger partial charge in [0.1, 0.15) is 22.8 Å². The molecule has 4 aliphatic rings. The number of carboxylic acid groups (broad SMARTS) is 2. The molecule has 57 heavy (non-hydrogen) atoms. The number of thiazole rings is 1. The molecule has 3 amide bonds. The second-order valence-electron chi connectivity index (χ2n) is 15.4. The molecule has 3 unspecified atom stereocenters. The van der Waals surface area contributed by atoms with Crippen LogP contribution in [0, 0.1) is 17.8 Å². The molecule has 306 valence electrons. The van der Waals surface area contributed by atoms with Gasteiger partial charge >= 0.3 is 11.9 Å². The Bertz CT molecular complexity index is 2050. The van der Waals surface area contributed by atoms with Gasteiger partial charge in [0.25, 0.3) is 11.8 Å². The Kier molecular flexibility index (Phi) is 12.2. The van der Waals surface area contributed by atoms with Gasteiger partial charge in [-0.25, -0.2) is 14.6 Å². The number of nitrogens with two attached hydrogens (primary N) is 1. The zero-order chi connectivity index (χ0) is 41.3. The first-order valence-electron chi connectivity index (χ1n) is 18.8. The fraction of sp³-hybridized carbons (Fsp3) is 0.526. The largest absolute Gasteiger partial charge is 0.504 e. The van der Waals surface area contributed by atoms with Gasteiger partial charge in [-0.3, -0.25) is 24.1 Å². The van der Waals surface area contributed by atoms with Crippen molar-refractivity contribution in [3.05, 3.63) is 40.0 Å². The third kappa shape index (κ3) is 8.73. The van der Waals surface area contributed by atoms with Crippen molar-refractivity contribution in [1.82, 2.24) is 15.2 Å². The number of β-lactam (4-membered cyclic amide) rings is 1. The van der Waals surface area contributed by atoms with Crippen LogP contribution < -0.4 is 16.4 Å². The van der Waals surface area contributed by atoms with E-state index in [4.69, 9.17) is 10.6 Å². The van der Waals surface area contributed by atoms with E-state index in [1.165, 1.54) is 48.0 Å². The maximum atomic E-state index is 13.6. The Hall–Kier alpha value is -5.17. The smallest absolute Gasteiger partial charge is 0.352 e. The third-order valence-electron chi connectivity index (χ3n) is 11.2. The number of thioether (sulfide) groups is 1. The maximum absolute atomic E-state index is 13.6. The van der Waals surface area contributed by atoms with Crippen LogP contribution in [0.3, 0.4) is 0 Å². The highest BCUT2D eigenvalue weighted by Crippen LogP contribution is 2.47. The van der Waals surface area contributed by atoms with Gasteiger partial charge in [-0.1, -0.05) is 43.7 Å². The number of carboxylic acids is 2. The second kappa shape index (κ2) is 16.7. The summed E-state index contributed by atoms with van der Waals surface area (Å²) in [6.07, 6.45) is 7.25. The number of nitrogens with one attached hydrogen (secondary N) is 2. The summed E-state index contributed by atoms with van der Waals surface area (Å²) in [7, 11) is 0. The number of aromatic hydroxyl groups is 2. The number of anilines is 2. The van der Waals surface area contributed by atoms with Crippen LogP contribution in [0.25, 0.3) is 0 Å². The van der Waals surface area contributed by atoms with E-state index in [1.54, 1.807) is 0 Å². The highest BCUT2D eigenvalue weighted by atomic mass is 32.2. The number of rotatable bonds is 14. The molecule has 1 saturated heterocycles. The van der Waals surface area contributed by atoms with E-state index >= 15 is 0 Å². The Labute approximate surface area is 336 Å².